The van der Waals surface area contributed by atoms with Gasteiger partial charge < -0.3 is 4.74 Å². The van der Waals surface area contributed by atoms with E-state index in [1.807, 2.05) is 19.2 Å². The molecule has 1 aromatic carbocycles. The van der Waals surface area contributed by atoms with Gasteiger partial charge in [-0.3, -0.25) is 14.0 Å². The van der Waals surface area contributed by atoms with Crippen molar-refractivity contribution in [2.24, 2.45) is 14.1 Å². The highest BCUT2D eigenvalue weighted by molar-refractivity contribution is 5.88. The topological polar surface area (TPSA) is 112 Å². The number of aryl methyl sites for hydroxylation is 1. The number of hydrogen-bond acceptors (Lipinski definition) is 7. The molecule has 3 atom stereocenters. The molecule has 3 aromatic heterocycles. The minimum absolute atomic E-state index is 0.0160. The molecular weight excluding hydrogens is 506 g/mol. The molecule has 9 nitrogen and oxygen atoms in total. The monoisotopic (exact) mass is 527 g/mol. The Morgan fingerprint density at radius 3 is 2.53 bits per heavy atom. The fraction of sp³-hybridized carbons (Fsp3) is 0.360. The lowest BCUT2D eigenvalue weighted by Gasteiger charge is -2.33. The van der Waals surface area contributed by atoms with Crippen molar-refractivity contribution in [3.05, 3.63) is 69.5 Å². The van der Waals surface area contributed by atoms with Gasteiger partial charge in [0.25, 0.3) is 5.56 Å². The molecule has 13 heteroatoms. The highest BCUT2D eigenvalue weighted by Gasteiger charge is 2.38. The second-order valence-electron chi connectivity index (χ2n) is 9.28. The first-order chi connectivity index (χ1) is 18.0. The number of halogens is 4. The van der Waals surface area contributed by atoms with Gasteiger partial charge in [0, 0.05) is 37.3 Å². The molecule has 1 unspecified atom stereocenters. The summed E-state index contributed by atoms with van der Waals surface area (Å²) in [6.07, 6.45) is -1.18. The number of nitrogens with zero attached hydrogens (tertiary/aromatic N) is 7. The van der Waals surface area contributed by atoms with Gasteiger partial charge in [-0.05, 0) is 38.0 Å². The molecule has 0 saturated carbocycles. The molecule has 1 aliphatic heterocycles. The minimum atomic E-state index is -4.95. The Balaban J connectivity index is 1.73. The van der Waals surface area contributed by atoms with Gasteiger partial charge in [-0.15, -0.1) is 0 Å². The molecule has 38 heavy (non-hydrogen) atoms. The van der Waals surface area contributed by atoms with Crippen molar-refractivity contribution < 1.29 is 22.3 Å². The zero-order chi connectivity index (χ0) is 27.4. The van der Waals surface area contributed by atoms with Crippen LogP contribution in [0.15, 0.2) is 35.4 Å². The Kier molecular flexibility index (Phi) is 6.22. The third-order valence-electron chi connectivity index (χ3n) is 6.52. The first-order valence-electron chi connectivity index (χ1n) is 11.7. The van der Waals surface area contributed by atoms with Crippen LogP contribution in [0.25, 0.3) is 22.3 Å². The highest BCUT2D eigenvalue weighted by Crippen LogP contribution is 2.40. The number of aromatic nitrogens is 6. The largest absolute Gasteiger partial charge is 0.449 e. The summed E-state index contributed by atoms with van der Waals surface area (Å²) in [5, 5.41) is 13.3. The van der Waals surface area contributed by atoms with E-state index in [9.17, 15) is 18.0 Å². The van der Waals surface area contributed by atoms with Crippen LogP contribution in [0.3, 0.4) is 0 Å². The van der Waals surface area contributed by atoms with Gasteiger partial charge >= 0.3 is 6.18 Å². The molecule has 0 spiro atoms. The molecule has 0 bridgehead atoms. The van der Waals surface area contributed by atoms with E-state index < -0.39 is 28.9 Å². The maximum absolute atomic E-state index is 15.1. The van der Waals surface area contributed by atoms with Gasteiger partial charge in [-0.25, -0.2) is 19.3 Å². The number of rotatable bonds is 3. The van der Waals surface area contributed by atoms with Gasteiger partial charge in [0.05, 0.1) is 30.0 Å². The molecule has 1 saturated heterocycles. The van der Waals surface area contributed by atoms with Gasteiger partial charge in [0.2, 0.25) is 5.82 Å². The average Bonchev–Trinajstić information content (AvgIpc) is 3.31. The van der Waals surface area contributed by atoms with E-state index in [1.54, 1.807) is 17.9 Å². The van der Waals surface area contributed by atoms with E-state index in [4.69, 9.17) is 10.00 Å². The van der Waals surface area contributed by atoms with Gasteiger partial charge in [0.15, 0.2) is 5.52 Å². The molecule has 1 aliphatic rings. The Bertz CT molecular complexity index is 1650. The molecule has 0 amide bonds. The number of hydrogen-bond donors (Lipinski definition) is 0. The second kappa shape index (κ2) is 9.29. The van der Waals surface area contributed by atoms with Crippen molar-refractivity contribution >= 4 is 11.0 Å². The second-order valence-corrected chi connectivity index (χ2v) is 9.28. The minimum Gasteiger partial charge on any atom is -0.370 e. The number of benzene rings is 1. The van der Waals surface area contributed by atoms with Gasteiger partial charge in [0.1, 0.15) is 22.9 Å². The first kappa shape index (κ1) is 25.5. The quantitative estimate of drug-likeness (QED) is 0.368. The number of alkyl halides is 3. The maximum Gasteiger partial charge on any atom is 0.449 e. The van der Waals surface area contributed by atoms with Gasteiger partial charge in [-0.2, -0.15) is 23.5 Å². The van der Waals surface area contributed by atoms with Crippen LogP contribution in [0.4, 0.5) is 17.6 Å². The smallest absolute Gasteiger partial charge is 0.370 e. The van der Waals surface area contributed by atoms with Crippen LogP contribution in [0.2, 0.25) is 0 Å². The fourth-order valence-electron chi connectivity index (χ4n) is 4.74. The summed E-state index contributed by atoms with van der Waals surface area (Å²) >= 11 is 0. The van der Waals surface area contributed by atoms with Crippen molar-refractivity contribution in [3.63, 3.8) is 0 Å². The summed E-state index contributed by atoms with van der Waals surface area (Å²) in [6.45, 7) is 1.87. The number of nitriles is 1. The normalized spacial score (nSPS) is 20.0. The van der Waals surface area contributed by atoms with Crippen LogP contribution in [-0.4, -0.2) is 35.4 Å². The lowest BCUT2D eigenvalue weighted by atomic mass is 9.89. The van der Waals surface area contributed by atoms with E-state index in [2.05, 4.69) is 20.1 Å². The summed E-state index contributed by atoms with van der Waals surface area (Å²) in [6, 6.07) is 5.30. The molecular formula is C25H21F4N7O2. The molecule has 5 rings (SSSR count). The molecule has 0 radical (unpaired) electrons. The zero-order valence-corrected chi connectivity index (χ0v) is 20.5. The first-order valence-corrected chi connectivity index (χ1v) is 11.7. The SMILES string of the molecule is C[C@@H]1CC(c2nc(-c3ccc(C#N)cc3F)c3nc(C(F)(F)F)n(C)c(=O)c3n2)C[C@H](c2cnn(C)c2)O1. The van der Waals surface area contributed by atoms with E-state index in [1.165, 1.54) is 12.1 Å². The molecule has 0 N–H and O–H groups in total. The molecule has 0 aliphatic carbocycles. The lowest BCUT2D eigenvalue weighted by Crippen LogP contribution is -2.30. The van der Waals surface area contributed by atoms with E-state index >= 15 is 4.39 Å². The third-order valence-corrected chi connectivity index (χ3v) is 6.52. The Labute approximate surface area is 213 Å². The van der Waals surface area contributed by atoms with Crippen LogP contribution in [0.1, 0.15) is 54.6 Å². The molecule has 4 heterocycles. The zero-order valence-electron chi connectivity index (χ0n) is 20.5. The number of fused-ring (bicyclic) bond motifs is 1. The predicted molar refractivity (Wildman–Crippen MR) is 126 cm³/mol. The van der Waals surface area contributed by atoms with Crippen molar-refractivity contribution in [1.82, 2.24) is 29.3 Å². The summed E-state index contributed by atoms with van der Waals surface area (Å²) in [5.74, 6) is -2.54. The predicted octanol–water partition coefficient (Wildman–Crippen LogP) is 4.18. The van der Waals surface area contributed by atoms with Crippen molar-refractivity contribution in [3.8, 4) is 17.3 Å². The maximum atomic E-state index is 15.1. The van der Waals surface area contributed by atoms with Crippen LogP contribution in [-0.2, 0) is 25.0 Å². The van der Waals surface area contributed by atoms with Crippen LogP contribution in [0.5, 0.6) is 0 Å². The van der Waals surface area contributed by atoms with E-state index in [0.29, 0.717) is 17.4 Å². The van der Waals surface area contributed by atoms with Gasteiger partial charge in [-0.1, -0.05) is 0 Å². The lowest BCUT2D eigenvalue weighted by molar-refractivity contribution is -0.147. The number of ether oxygens (including phenoxy) is 1. The van der Waals surface area contributed by atoms with Crippen LogP contribution >= 0.6 is 0 Å². The fourth-order valence-corrected chi connectivity index (χ4v) is 4.74. The molecule has 4 aromatic rings. The highest BCUT2D eigenvalue weighted by atomic mass is 19.4. The molecule has 1 fully saturated rings. The van der Waals surface area contributed by atoms with E-state index in [-0.39, 0.29) is 46.3 Å². The Morgan fingerprint density at radius 2 is 1.89 bits per heavy atom. The van der Waals surface area contributed by atoms with Crippen molar-refractivity contribution in [1.29, 1.82) is 5.26 Å². The van der Waals surface area contributed by atoms with Crippen LogP contribution in [0, 0.1) is 17.1 Å². The Morgan fingerprint density at radius 1 is 1.13 bits per heavy atom. The van der Waals surface area contributed by atoms with Crippen LogP contribution < -0.4 is 5.56 Å². The third kappa shape index (κ3) is 4.51. The summed E-state index contributed by atoms with van der Waals surface area (Å²) < 4.78 is 64.3. The summed E-state index contributed by atoms with van der Waals surface area (Å²) in [7, 11) is 2.73. The molecule has 196 valence electrons. The summed E-state index contributed by atoms with van der Waals surface area (Å²) in [4.78, 5) is 25.7. The van der Waals surface area contributed by atoms with Crippen molar-refractivity contribution in [2.75, 3.05) is 0 Å². The Hall–Kier alpha value is -4.18. The van der Waals surface area contributed by atoms with Crippen molar-refractivity contribution in [2.45, 2.75) is 44.1 Å². The average molecular weight is 527 g/mol. The standard InChI is InChI=1S/C25H21F4N7O2/c1-12-6-14(8-18(38-12)15-10-31-35(2)11-15)22-32-19(16-5-4-13(9-30)7-17(16)26)20-21(33-22)23(37)36(3)24(34-20)25(27,28)29/h4-5,7,10-12,14,18H,6,8H2,1-3H3/t12-,14?,18-/m1/s1. The summed E-state index contributed by atoms with van der Waals surface area (Å²) in [5.41, 5.74) is -1.48. The van der Waals surface area contributed by atoms with E-state index in [0.717, 1.165) is 18.7 Å².